The van der Waals surface area contributed by atoms with Gasteiger partial charge in [-0.3, -0.25) is 19.1 Å². The maximum atomic E-state index is 12.4. The molecule has 3 rings (SSSR count). The Hall–Kier alpha value is -2.33. The summed E-state index contributed by atoms with van der Waals surface area (Å²) in [6.07, 6.45) is -0.389. The summed E-state index contributed by atoms with van der Waals surface area (Å²) in [5.74, 6) is -0.113. The van der Waals surface area contributed by atoms with Crippen molar-refractivity contribution in [2.45, 2.75) is 57.6 Å². The Morgan fingerprint density at radius 3 is 2.84 bits per heavy atom. The molecular weight excluding hydrogens is 461 g/mol. The fourth-order valence-corrected chi connectivity index (χ4v) is 3.87. The van der Waals surface area contributed by atoms with Gasteiger partial charge in [-0.2, -0.15) is 0 Å². The van der Waals surface area contributed by atoms with Gasteiger partial charge in [0.05, 0.1) is 11.1 Å². The van der Waals surface area contributed by atoms with E-state index in [1.807, 2.05) is 6.92 Å². The molecule has 3 N–H and O–H groups in total. The molecule has 1 saturated heterocycles. The van der Waals surface area contributed by atoms with Gasteiger partial charge in [-0.1, -0.05) is 36.5 Å². The minimum Gasteiger partial charge on any atom is -0.479 e. The van der Waals surface area contributed by atoms with Gasteiger partial charge in [-0.15, -0.1) is 0 Å². The standard InChI is InChI=1S/C21H25Cl2N3O6/c1-3-4-12-10-26(21(30)25-20(12)29)18-8-15(27)17(32-18)9-24-19(28)11(2)31-16-6-5-13(22)7-14(16)23/h5-7,10-11,15,17-18,27H,3-4,8-9H2,1-2H3,(H,24,28)(H,25,29,30)/t11-,15?,17-,18-/m0/s1. The van der Waals surface area contributed by atoms with Gasteiger partial charge in [0.15, 0.2) is 6.10 Å². The molecule has 1 fully saturated rings. The van der Waals surface area contributed by atoms with Crippen LogP contribution in [0.2, 0.25) is 10.0 Å². The number of H-pyrrole nitrogens is 1. The number of aryl methyl sites for hydroxylation is 1. The fourth-order valence-electron chi connectivity index (χ4n) is 3.42. The third-order valence-electron chi connectivity index (χ3n) is 5.12. The van der Waals surface area contributed by atoms with E-state index in [0.29, 0.717) is 22.8 Å². The Morgan fingerprint density at radius 1 is 1.41 bits per heavy atom. The number of aliphatic hydroxyl groups excluding tert-OH is 1. The van der Waals surface area contributed by atoms with Crippen molar-refractivity contribution in [3.8, 4) is 5.75 Å². The Morgan fingerprint density at radius 2 is 2.16 bits per heavy atom. The molecule has 1 aliphatic heterocycles. The highest BCUT2D eigenvalue weighted by Gasteiger charge is 2.36. The normalized spacial score (nSPS) is 21.3. The average Bonchev–Trinajstić information content (AvgIpc) is 3.10. The predicted molar refractivity (Wildman–Crippen MR) is 119 cm³/mol. The molecule has 2 heterocycles. The van der Waals surface area contributed by atoms with Crippen LogP contribution in [0.5, 0.6) is 5.75 Å². The van der Waals surface area contributed by atoms with Crippen LogP contribution in [0.1, 0.15) is 38.5 Å². The number of nitrogens with one attached hydrogen (secondary N) is 2. The van der Waals surface area contributed by atoms with Crippen LogP contribution in [-0.4, -0.2) is 45.4 Å². The van der Waals surface area contributed by atoms with Crippen molar-refractivity contribution in [2.75, 3.05) is 6.54 Å². The van der Waals surface area contributed by atoms with Crippen molar-refractivity contribution in [3.05, 3.63) is 60.8 Å². The van der Waals surface area contributed by atoms with Gasteiger partial charge in [0.25, 0.3) is 11.5 Å². The summed E-state index contributed by atoms with van der Waals surface area (Å²) >= 11 is 11.9. The summed E-state index contributed by atoms with van der Waals surface area (Å²) in [5.41, 5.74) is -0.572. The zero-order valence-electron chi connectivity index (χ0n) is 17.6. The molecule has 0 radical (unpaired) electrons. The molecule has 0 bridgehead atoms. The molecule has 2 aromatic rings. The fraction of sp³-hybridized carbons (Fsp3) is 0.476. The first-order valence-electron chi connectivity index (χ1n) is 10.3. The molecule has 9 nitrogen and oxygen atoms in total. The number of halogens is 2. The van der Waals surface area contributed by atoms with E-state index in [0.717, 1.165) is 6.42 Å². The third kappa shape index (κ3) is 5.72. The number of carbonyl (C=O) groups is 1. The second-order valence-electron chi connectivity index (χ2n) is 7.58. The van der Waals surface area contributed by atoms with Gasteiger partial charge in [0.2, 0.25) is 0 Å². The molecule has 1 aromatic carbocycles. The lowest BCUT2D eigenvalue weighted by Crippen LogP contribution is -2.42. The van der Waals surface area contributed by atoms with Crippen LogP contribution in [-0.2, 0) is 16.0 Å². The van der Waals surface area contributed by atoms with Gasteiger partial charge >= 0.3 is 5.69 Å². The molecule has 0 aliphatic carbocycles. The lowest BCUT2D eigenvalue weighted by Gasteiger charge is -2.19. The Balaban J connectivity index is 1.59. The number of nitrogens with zero attached hydrogens (tertiary/aromatic N) is 1. The second kappa shape index (κ2) is 10.5. The maximum absolute atomic E-state index is 12.4. The topological polar surface area (TPSA) is 123 Å². The molecular formula is C21H25Cl2N3O6. The molecule has 1 amide bonds. The van der Waals surface area contributed by atoms with Crippen LogP contribution in [0.4, 0.5) is 0 Å². The van der Waals surface area contributed by atoms with Gasteiger partial charge in [-0.05, 0) is 31.5 Å². The Kier molecular flexibility index (Phi) is 8.00. The molecule has 0 saturated carbocycles. The predicted octanol–water partition coefficient (Wildman–Crippen LogP) is 2.03. The van der Waals surface area contributed by atoms with Gasteiger partial charge in [0, 0.05) is 29.7 Å². The van der Waals surface area contributed by atoms with Crippen molar-refractivity contribution in [1.82, 2.24) is 14.9 Å². The highest BCUT2D eigenvalue weighted by Crippen LogP contribution is 2.29. The minimum absolute atomic E-state index is 0.0124. The molecule has 0 spiro atoms. The van der Waals surface area contributed by atoms with Crippen molar-refractivity contribution >= 4 is 29.1 Å². The minimum atomic E-state index is -0.907. The Labute approximate surface area is 194 Å². The second-order valence-corrected chi connectivity index (χ2v) is 8.43. The van der Waals surface area contributed by atoms with E-state index in [2.05, 4.69) is 10.3 Å². The van der Waals surface area contributed by atoms with Crippen LogP contribution in [0.25, 0.3) is 0 Å². The highest BCUT2D eigenvalue weighted by molar-refractivity contribution is 6.35. The lowest BCUT2D eigenvalue weighted by atomic mass is 10.1. The Bertz CT molecular complexity index is 1090. The van der Waals surface area contributed by atoms with Gasteiger partial charge in [0.1, 0.15) is 18.1 Å². The van der Waals surface area contributed by atoms with E-state index in [-0.39, 0.29) is 18.0 Å². The molecule has 4 atom stereocenters. The summed E-state index contributed by atoms with van der Waals surface area (Å²) in [7, 11) is 0. The average molecular weight is 486 g/mol. The van der Waals surface area contributed by atoms with Crippen LogP contribution in [0, 0.1) is 0 Å². The quantitative estimate of drug-likeness (QED) is 0.525. The van der Waals surface area contributed by atoms with Gasteiger partial charge < -0.3 is 19.9 Å². The van der Waals surface area contributed by atoms with Gasteiger partial charge in [-0.25, -0.2) is 4.79 Å². The number of benzene rings is 1. The van der Waals surface area contributed by atoms with Crippen LogP contribution in [0.15, 0.2) is 34.0 Å². The van der Waals surface area contributed by atoms with E-state index in [1.54, 1.807) is 19.1 Å². The number of hydrogen-bond donors (Lipinski definition) is 3. The summed E-state index contributed by atoms with van der Waals surface area (Å²) < 4.78 is 12.6. The van der Waals surface area contributed by atoms with E-state index in [1.165, 1.54) is 16.8 Å². The SMILES string of the molecule is CCCc1cn([C@@H]2CC(O)[C@H](CNC(=O)[C@H](C)Oc3ccc(Cl)cc3Cl)O2)c(=O)[nH]c1=O. The van der Waals surface area contributed by atoms with E-state index in [4.69, 9.17) is 32.7 Å². The van der Waals surface area contributed by atoms with Crippen LogP contribution >= 0.6 is 23.2 Å². The summed E-state index contributed by atoms with van der Waals surface area (Å²) in [5, 5.41) is 13.8. The molecule has 1 aliphatic rings. The first-order chi connectivity index (χ1) is 15.2. The number of aromatic nitrogens is 2. The number of hydrogen-bond acceptors (Lipinski definition) is 6. The van der Waals surface area contributed by atoms with Crippen LogP contribution < -0.4 is 21.3 Å². The molecule has 174 valence electrons. The number of amides is 1. The number of aromatic amines is 1. The highest BCUT2D eigenvalue weighted by atomic mass is 35.5. The van der Waals surface area contributed by atoms with Crippen LogP contribution in [0.3, 0.4) is 0 Å². The number of aliphatic hydroxyl groups is 1. The zero-order chi connectivity index (χ0) is 23.4. The zero-order valence-corrected chi connectivity index (χ0v) is 19.2. The van der Waals surface area contributed by atoms with Crippen molar-refractivity contribution in [2.24, 2.45) is 0 Å². The van der Waals surface area contributed by atoms with E-state index < -0.39 is 41.7 Å². The largest absolute Gasteiger partial charge is 0.479 e. The van der Waals surface area contributed by atoms with Crippen molar-refractivity contribution in [3.63, 3.8) is 0 Å². The number of ether oxygens (including phenoxy) is 2. The van der Waals surface area contributed by atoms with Crippen molar-refractivity contribution < 1.29 is 19.4 Å². The number of carbonyl (C=O) groups excluding carboxylic acids is 1. The first-order valence-corrected chi connectivity index (χ1v) is 11.0. The van der Waals surface area contributed by atoms with E-state index in [9.17, 15) is 19.5 Å². The molecule has 1 unspecified atom stereocenters. The summed E-state index contributed by atoms with van der Waals surface area (Å²) in [6.45, 7) is 3.50. The molecule has 1 aromatic heterocycles. The number of rotatable bonds is 8. The molecule has 11 heteroatoms. The maximum Gasteiger partial charge on any atom is 0.330 e. The third-order valence-corrected chi connectivity index (χ3v) is 5.65. The van der Waals surface area contributed by atoms with Crippen molar-refractivity contribution in [1.29, 1.82) is 0 Å². The lowest BCUT2D eigenvalue weighted by molar-refractivity contribution is -0.128. The van der Waals surface area contributed by atoms with E-state index >= 15 is 0 Å². The monoisotopic (exact) mass is 485 g/mol. The molecule has 32 heavy (non-hydrogen) atoms. The summed E-state index contributed by atoms with van der Waals surface area (Å²) in [4.78, 5) is 38.8. The summed E-state index contributed by atoms with van der Waals surface area (Å²) in [6, 6.07) is 4.68. The first kappa shape index (κ1) is 24.3. The smallest absolute Gasteiger partial charge is 0.330 e.